The van der Waals surface area contributed by atoms with Crippen LogP contribution in [0.15, 0.2) is 12.1 Å². The van der Waals surface area contributed by atoms with Crippen LogP contribution in [0, 0.1) is 6.92 Å². The Morgan fingerprint density at radius 1 is 1.33 bits per heavy atom. The average Bonchev–Trinajstić information content (AvgIpc) is 2.95. The minimum atomic E-state index is -0.143. The van der Waals surface area contributed by atoms with Gasteiger partial charge in [-0.1, -0.05) is 11.6 Å². The summed E-state index contributed by atoms with van der Waals surface area (Å²) in [5, 5.41) is 0.735. The third-order valence-electron chi connectivity index (χ3n) is 4.40. The third-order valence-corrected chi connectivity index (χ3v) is 4.62. The molecular formula is C14H18ClNO2. The van der Waals surface area contributed by atoms with E-state index >= 15 is 0 Å². The van der Waals surface area contributed by atoms with Gasteiger partial charge in [-0.15, -0.1) is 0 Å². The van der Waals surface area contributed by atoms with Gasteiger partial charge in [-0.2, -0.15) is 0 Å². The van der Waals surface area contributed by atoms with Crippen LogP contribution < -0.4 is 10.5 Å². The summed E-state index contributed by atoms with van der Waals surface area (Å²) in [6, 6.07) is 3.91. The van der Waals surface area contributed by atoms with Crippen LogP contribution in [0.1, 0.15) is 24.0 Å². The normalized spacial score (nSPS) is 23.3. The van der Waals surface area contributed by atoms with Gasteiger partial charge in [0.05, 0.1) is 25.7 Å². The van der Waals surface area contributed by atoms with Crippen molar-refractivity contribution >= 4 is 11.6 Å². The number of nitrogens with two attached hydrogens (primary N) is 1. The molecule has 0 spiro atoms. The summed E-state index contributed by atoms with van der Waals surface area (Å²) in [4.78, 5) is 0. The van der Waals surface area contributed by atoms with Crippen LogP contribution in [0.3, 0.4) is 0 Å². The van der Waals surface area contributed by atoms with Gasteiger partial charge in [0.1, 0.15) is 5.75 Å². The largest absolute Gasteiger partial charge is 0.496 e. The van der Waals surface area contributed by atoms with Crippen molar-refractivity contribution < 1.29 is 9.47 Å². The highest BCUT2D eigenvalue weighted by atomic mass is 35.5. The summed E-state index contributed by atoms with van der Waals surface area (Å²) >= 11 is 6.20. The van der Waals surface area contributed by atoms with E-state index in [1.54, 1.807) is 7.11 Å². The molecule has 2 fully saturated rings. The first-order valence-electron chi connectivity index (χ1n) is 6.24. The van der Waals surface area contributed by atoms with Gasteiger partial charge in [0, 0.05) is 16.1 Å². The second kappa shape index (κ2) is 3.86. The topological polar surface area (TPSA) is 44.5 Å². The number of methoxy groups -OCH3 is 1. The highest BCUT2D eigenvalue weighted by Gasteiger charge is 2.62. The van der Waals surface area contributed by atoms with E-state index in [0.717, 1.165) is 34.7 Å². The van der Waals surface area contributed by atoms with Crippen LogP contribution >= 0.6 is 11.6 Å². The minimum absolute atomic E-state index is 0.117. The number of benzene rings is 1. The summed E-state index contributed by atoms with van der Waals surface area (Å²) in [6.07, 6.45) is 2.09. The Morgan fingerprint density at radius 2 is 2.00 bits per heavy atom. The Balaban J connectivity index is 2.16. The number of aryl methyl sites for hydroxylation is 1. The Hall–Kier alpha value is -0.770. The van der Waals surface area contributed by atoms with Crippen LogP contribution in [-0.2, 0) is 10.2 Å². The third kappa shape index (κ3) is 1.51. The molecule has 0 atom stereocenters. The molecule has 0 amide bonds. The van der Waals surface area contributed by atoms with Gasteiger partial charge in [0.2, 0.25) is 0 Å². The standard InChI is InChI=1S/C14H18ClNO2/c1-9-5-10(15)6-11(12(9)17-2)13(7-18-8-13)14(16)3-4-14/h5-6H,3-4,7-8,16H2,1-2H3. The maximum atomic E-state index is 6.46. The fourth-order valence-corrected chi connectivity index (χ4v) is 3.26. The minimum Gasteiger partial charge on any atom is -0.496 e. The summed E-state index contributed by atoms with van der Waals surface area (Å²) < 4.78 is 11.0. The quantitative estimate of drug-likeness (QED) is 0.915. The van der Waals surface area contributed by atoms with E-state index in [-0.39, 0.29) is 11.0 Å². The van der Waals surface area contributed by atoms with E-state index in [0.29, 0.717) is 13.2 Å². The van der Waals surface area contributed by atoms with Crippen molar-refractivity contribution in [2.24, 2.45) is 5.73 Å². The van der Waals surface area contributed by atoms with Gasteiger partial charge in [0.25, 0.3) is 0 Å². The lowest BCUT2D eigenvalue weighted by molar-refractivity contribution is -0.0795. The Labute approximate surface area is 112 Å². The number of ether oxygens (including phenoxy) is 2. The van der Waals surface area contributed by atoms with Crippen LogP contribution in [0.5, 0.6) is 5.75 Å². The predicted octanol–water partition coefficient (Wildman–Crippen LogP) is 2.42. The van der Waals surface area contributed by atoms with E-state index < -0.39 is 0 Å². The molecule has 1 aliphatic carbocycles. The molecular weight excluding hydrogens is 250 g/mol. The molecule has 2 aliphatic rings. The van der Waals surface area contributed by atoms with Crippen molar-refractivity contribution in [3.05, 3.63) is 28.3 Å². The summed E-state index contributed by atoms with van der Waals surface area (Å²) in [7, 11) is 1.70. The van der Waals surface area contributed by atoms with Gasteiger partial charge in [0.15, 0.2) is 0 Å². The van der Waals surface area contributed by atoms with E-state index in [2.05, 4.69) is 0 Å². The molecule has 1 aromatic carbocycles. The van der Waals surface area contributed by atoms with E-state index in [4.69, 9.17) is 26.8 Å². The molecule has 98 valence electrons. The number of rotatable bonds is 3. The van der Waals surface area contributed by atoms with Gasteiger partial charge in [-0.25, -0.2) is 0 Å². The highest BCUT2D eigenvalue weighted by molar-refractivity contribution is 6.30. The Morgan fingerprint density at radius 3 is 2.44 bits per heavy atom. The van der Waals surface area contributed by atoms with E-state index in [1.807, 2.05) is 19.1 Å². The predicted molar refractivity (Wildman–Crippen MR) is 71.4 cm³/mol. The monoisotopic (exact) mass is 267 g/mol. The number of hydrogen-bond donors (Lipinski definition) is 1. The first-order valence-corrected chi connectivity index (χ1v) is 6.61. The fourth-order valence-electron chi connectivity index (χ4n) is 2.99. The molecule has 18 heavy (non-hydrogen) atoms. The molecule has 1 aromatic rings. The molecule has 3 nitrogen and oxygen atoms in total. The molecule has 1 aliphatic heterocycles. The molecule has 0 radical (unpaired) electrons. The molecule has 0 aromatic heterocycles. The summed E-state index contributed by atoms with van der Waals surface area (Å²) in [6.45, 7) is 3.34. The maximum Gasteiger partial charge on any atom is 0.125 e. The molecule has 0 bridgehead atoms. The number of hydrogen-bond acceptors (Lipinski definition) is 3. The zero-order chi connectivity index (χ0) is 13.0. The lowest BCUT2D eigenvalue weighted by atomic mass is 9.70. The molecule has 1 heterocycles. The Bertz CT molecular complexity index is 493. The maximum absolute atomic E-state index is 6.46. The van der Waals surface area contributed by atoms with Crippen molar-refractivity contribution in [1.82, 2.24) is 0 Å². The second-order valence-corrected chi connectivity index (χ2v) is 5.97. The lowest BCUT2D eigenvalue weighted by Crippen LogP contribution is -2.60. The van der Waals surface area contributed by atoms with Crippen LogP contribution in [0.25, 0.3) is 0 Å². The van der Waals surface area contributed by atoms with Crippen LogP contribution in [0.4, 0.5) is 0 Å². The zero-order valence-electron chi connectivity index (χ0n) is 10.8. The lowest BCUT2D eigenvalue weighted by Gasteiger charge is -2.47. The second-order valence-electron chi connectivity index (χ2n) is 5.53. The summed E-state index contributed by atoms with van der Waals surface area (Å²) in [5.41, 5.74) is 8.37. The average molecular weight is 268 g/mol. The summed E-state index contributed by atoms with van der Waals surface area (Å²) in [5.74, 6) is 0.902. The molecule has 1 saturated heterocycles. The zero-order valence-corrected chi connectivity index (χ0v) is 11.5. The van der Waals surface area contributed by atoms with E-state index in [1.165, 1.54) is 0 Å². The van der Waals surface area contributed by atoms with Crippen molar-refractivity contribution in [2.75, 3.05) is 20.3 Å². The van der Waals surface area contributed by atoms with Gasteiger partial charge in [-0.3, -0.25) is 0 Å². The van der Waals surface area contributed by atoms with Gasteiger partial charge >= 0.3 is 0 Å². The molecule has 1 saturated carbocycles. The van der Waals surface area contributed by atoms with Crippen molar-refractivity contribution in [3.63, 3.8) is 0 Å². The van der Waals surface area contributed by atoms with Crippen LogP contribution in [0.2, 0.25) is 5.02 Å². The van der Waals surface area contributed by atoms with Crippen molar-refractivity contribution in [2.45, 2.75) is 30.7 Å². The van der Waals surface area contributed by atoms with Crippen molar-refractivity contribution in [3.8, 4) is 5.75 Å². The fraction of sp³-hybridized carbons (Fsp3) is 0.571. The SMILES string of the molecule is COc1c(C)cc(Cl)cc1C1(C2(N)CC2)COC1. The van der Waals surface area contributed by atoms with Gasteiger partial charge in [-0.05, 0) is 37.5 Å². The smallest absolute Gasteiger partial charge is 0.125 e. The molecule has 0 unspecified atom stereocenters. The van der Waals surface area contributed by atoms with Gasteiger partial charge < -0.3 is 15.2 Å². The van der Waals surface area contributed by atoms with E-state index in [9.17, 15) is 0 Å². The van der Waals surface area contributed by atoms with Crippen LogP contribution in [-0.4, -0.2) is 25.9 Å². The number of halogens is 1. The molecule has 4 heteroatoms. The highest BCUT2D eigenvalue weighted by Crippen LogP contribution is 2.56. The molecule has 3 rings (SSSR count). The van der Waals surface area contributed by atoms with Crippen molar-refractivity contribution in [1.29, 1.82) is 0 Å². The first kappa shape index (κ1) is 12.3. The first-order chi connectivity index (χ1) is 8.52. The molecule has 2 N–H and O–H groups in total. The Kier molecular flexibility index (Phi) is 2.63.